The summed E-state index contributed by atoms with van der Waals surface area (Å²) < 4.78 is 1.69. The summed E-state index contributed by atoms with van der Waals surface area (Å²) in [6.45, 7) is 0.933. The van der Waals surface area contributed by atoms with Crippen molar-refractivity contribution < 1.29 is 0 Å². The van der Waals surface area contributed by atoms with Crippen LogP contribution in [0.1, 0.15) is 12.8 Å². The second-order valence-electron chi connectivity index (χ2n) is 4.10. The monoisotopic (exact) mass is 296 g/mol. The van der Waals surface area contributed by atoms with Crippen LogP contribution >= 0.6 is 23.4 Å². The number of nitrogens with zero attached hydrogens (tertiary/aromatic N) is 3. The van der Waals surface area contributed by atoms with Crippen molar-refractivity contribution in [2.45, 2.75) is 12.8 Å². The second kappa shape index (κ2) is 7.40. The van der Waals surface area contributed by atoms with Crippen LogP contribution in [-0.2, 0) is 0 Å². The number of anilines is 1. The first-order valence-electron chi connectivity index (χ1n) is 6.19. The fraction of sp³-hybridized carbons (Fsp3) is 0.385. The number of halogens is 1. The molecule has 0 aliphatic carbocycles. The zero-order chi connectivity index (χ0) is 13.5. The third-order valence-electron chi connectivity index (χ3n) is 2.73. The molecule has 6 heteroatoms. The van der Waals surface area contributed by atoms with Gasteiger partial charge >= 0.3 is 0 Å². The summed E-state index contributed by atoms with van der Waals surface area (Å²) in [5.74, 6) is 1.20. The van der Waals surface area contributed by atoms with Crippen molar-refractivity contribution in [2.75, 3.05) is 23.9 Å². The Morgan fingerprint density at radius 3 is 3.00 bits per heavy atom. The van der Waals surface area contributed by atoms with Gasteiger partial charge in [0, 0.05) is 6.54 Å². The van der Waals surface area contributed by atoms with Crippen LogP contribution in [0.25, 0.3) is 5.69 Å². The largest absolute Gasteiger partial charge is 0.383 e. The summed E-state index contributed by atoms with van der Waals surface area (Å²) in [6, 6.07) is 5.81. The number of nitrogens with one attached hydrogen (secondary N) is 1. The molecule has 1 aromatic carbocycles. The molecule has 0 saturated heterocycles. The van der Waals surface area contributed by atoms with E-state index in [-0.39, 0.29) is 0 Å². The molecule has 4 nitrogen and oxygen atoms in total. The Balaban J connectivity index is 2.06. The molecule has 0 aliphatic rings. The quantitative estimate of drug-likeness (QED) is 0.795. The van der Waals surface area contributed by atoms with Crippen molar-refractivity contribution in [3.05, 3.63) is 35.9 Å². The lowest BCUT2D eigenvalue weighted by Gasteiger charge is -2.13. The molecular formula is C13H17ClN4S. The molecule has 2 rings (SSSR count). The molecule has 0 bridgehead atoms. The number of thioether (sulfide) groups is 1. The molecule has 1 N–H and O–H groups in total. The number of rotatable bonds is 7. The smallest absolute Gasteiger partial charge is 0.138 e. The van der Waals surface area contributed by atoms with Crippen molar-refractivity contribution in [1.82, 2.24) is 14.8 Å². The maximum absolute atomic E-state index is 6.25. The first-order chi connectivity index (χ1) is 9.33. The lowest BCUT2D eigenvalue weighted by atomic mass is 10.2. The predicted octanol–water partition coefficient (Wildman–Crippen LogP) is 3.48. The zero-order valence-corrected chi connectivity index (χ0v) is 12.4. The van der Waals surface area contributed by atoms with Crippen LogP contribution in [0.3, 0.4) is 0 Å². The molecular weight excluding hydrogens is 280 g/mol. The van der Waals surface area contributed by atoms with Crippen molar-refractivity contribution in [1.29, 1.82) is 0 Å². The van der Waals surface area contributed by atoms with Crippen molar-refractivity contribution in [2.24, 2.45) is 0 Å². The Morgan fingerprint density at radius 1 is 1.37 bits per heavy atom. The van der Waals surface area contributed by atoms with Gasteiger partial charge in [-0.05, 0) is 37.0 Å². The van der Waals surface area contributed by atoms with Gasteiger partial charge in [-0.1, -0.05) is 17.7 Å². The summed E-state index contributed by atoms with van der Waals surface area (Å²) in [5.41, 5.74) is 1.84. The van der Waals surface area contributed by atoms with E-state index < -0.39 is 0 Å². The van der Waals surface area contributed by atoms with E-state index in [4.69, 9.17) is 11.6 Å². The highest BCUT2D eigenvalue weighted by Gasteiger charge is 2.09. The number of aromatic nitrogens is 3. The highest BCUT2D eigenvalue weighted by atomic mass is 35.5. The summed E-state index contributed by atoms with van der Waals surface area (Å²) in [6.07, 6.45) is 7.65. The molecule has 102 valence electrons. The van der Waals surface area contributed by atoms with E-state index in [1.807, 2.05) is 30.0 Å². The SMILES string of the molecule is CSCCCCNc1cccc(Cl)c1-n1cncn1. The molecule has 0 spiro atoms. The summed E-state index contributed by atoms with van der Waals surface area (Å²) in [7, 11) is 0. The van der Waals surface area contributed by atoms with Gasteiger partial charge in [0.15, 0.2) is 0 Å². The van der Waals surface area contributed by atoms with E-state index in [2.05, 4.69) is 21.7 Å². The van der Waals surface area contributed by atoms with Crippen LogP contribution in [0.2, 0.25) is 5.02 Å². The van der Waals surface area contributed by atoms with E-state index in [1.165, 1.54) is 18.5 Å². The molecule has 0 saturated carbocycles. The second-order valence-corrected chi connectivity index (χ2v) is 5.50. The van der Waals surface area contributed by atoms with Gasteiger partial charge in [0.25, 0.3) is 0 Å². The molecule has 19 heavy (non-hydrogen) atoms. The van der Waals surface area contributed by atoms with Crippen LogP contribution < -0.4 is 5.32 Å². The summed E-state index contributed by atoms with van der Waals surface area (Å²) in [4.78, 5) is 3.96. The standard InChI is InChI=1S/C13H17ClN4S/c1-19-8-3-2-7-16-12-6-4-5-11(14)13(12)18-10-15-9-17-18/h4-6,9-10,16H,2-3,7-8H2,1H3. The maximum Gasteiger partial charge on any atom is 0.138 e. The van der Waals surface area contributed by atoms with E-state index in [0.29, 0.717) is 5.02 Å². The van der Waals surface area contributed by atoms with Crippen LogP contribution in [0.15, 0.2) is 30.9 Å². The van der Waals surface area contributed by atoms with Gasteiger partial charge in [-0.25, -0.2) is 9.67 Å². The van der Waals surface area contributed by atoms with Crippen LogP contribution in [0, 0.1) is 0 Å². The number of benzene rings is 1. The molecule has 2 aromatic rings. The minimum Gasteiger partial charge on any atom is -0.383 e. The third-order valence-corrected chi connectivity index (χ3v) is 3.73. The minimum atomic E-state index is 0.666. The van der Waals surface area contributed by atoms with Gasteiger partial charge in [-0.15, -0.1) is 0 Å². The Bertz CT molecular complexity index is 501. The normalized spacial score (nSPS) is 10.6. The average molecular weight is 297 g/mol. The molecule has 1 aromatic heterocycles. The molecule has 0 unspecified atom stereocenters. The zero-order valence-electron chi connectivity index (χ0n) is 10.8. The van der Waals surface area contributed by atoms with E-state index in [9.17, 15) is 0 Å². The Hall–Kier alpha value is -1.20. The van der Waals surface area contributed by atoms with E-state index in [0.717, 1.165) is 24.3 Å². The van der Waals surface area contributed by atoms with Gasteiger partial charge in [0.1, 0.15) is 18.3 Å². The molecule has 0 aliphatic heterocycles. The number of para-hydroxylation sites is 1. The fourth-order valence-corrected chi connectivity index (χ4v) is 2.56. The van der Waals surface area contributed by atoms with Crippen LogP contribution in [-0.4, -0.2) is 33.3 Å². The lowest BCUT2D eigenvalue weighted by molar-refractivity contribution is 0.835. The Morgan fingerprint density at radius 2 is 2.26 bits per heavy atom. The Labute approximate surface area is 122 Å². The van der Waals surface area contributed by atoms with Gasteiger partial charge < -0.3 is 5.32 Å². The van der Waals surface area contributed by atoms with Crippen molar-refractivity contribution in [3.63, 3.8) is 0 Å². The molecule has 1 heterocycles. The minimum absolute atomic E-state index is 0.666. The first kappa shape index (κ1) is 14.2. The maximum atomic E-state index is 6.25. The van der Waals surface area contributed by atoms with Gasteiger partial charge in [-0.3, -0.25) is 0 Å². The van der Waals surface area contributed by atoms with Crippen LogP contribution in [0.5, 0.6) is 0 Å². The highest BCUT2D eigenvalue weighted by Crippen LogP contribution is 2.27. The van der Waals surface area contributed by atoms with Gasteiger partial charge in [0.05, 0.1) is 10.7 Å². The van der Waals surface area contributed by atoms with Crippen LogP contribution in [0.4, 0.5) is 5.69 Å². The Kier molecular flexibility index (Phi) is 5.54. The lowest BCUT2D eigenvalue weighted by Crippen LogP contribution is -2.07. The average Bonchev–Trinajstić information content (AvgIpc) is 2.92. The van der Waals surface area contributed by atoms with Crippen molar-refractivity contribution >= 4 is 29.1 Å². The van der Waals surface area contributed by atoms with E-state index >= 15 is 0 Å². The summed E-state index contributed by atoms with van der Waals surface area (Å²) in [5, 5.41) is 8.23. The fourth-order valence-electron chi connectivity index (χ4n) is 1.81. The van der Waals surface area contributed by atoms with Gasteiger partial charge in [0.2, 0.25) is 0 Å². The molecule has 0 atom stereocenters. The number of hydrogen-bond acceptors (Lipinski definition) is 4. The third kappa shape index (κ3) is 3.88. The predicted molar refractivity (Wildman–Crippen MR) is 82.5 cm³/mol. The molecule has 0 amide bonds. The highest BCUT2D eigenvalue weighted by molar-refractivity contribution is 7.98. The number of unbranched alkanes of at least 4 members (excludes halogenated alkanes) is 1. The van der Waals surface area contributed by atoms with Crippen molar-refractivity contribution in [3.8, 4) is 5.69 Å². The molecule has 0 radical (unpaired) electrons. The molecule has 0 fully saturated rings. The summed E-state index contributed by atoms with van der Waals surface area (Å²) >= 11 is 8.13. The van der Waals surface area contributed by atoms with Gasteiger partial charge in [-0.2, -0.15) is 16.9 Å². The first-order valence-corrected chi connectivity index (χ1v) is 7.96. The van der Waals surface area contributed by atoms with E-state index in [1.54, 1.807) is 11.0 Å². The topological polar surface area (TPSA) is 42.7 Å². The number of hydrogen-bond donors (Lipinski definition) is 1.